The van der Waals surface area contributed by atoms with Gasteiger partial charge in [-0.05, 0) is 36.8 Å². The first-order valence-electron chi connectivity index (χ1n) is 9.37. The fourth-order valence-electron chi connectivity index (χ4n) is 2.00. The Morgan fingerprint density at radius 2 is 1.42 bits per heavy atom. The average Bonchev–Trinajstić information content (AvgIpc) is 3.37. The maximum Gasteiger partial charge on any atom is 2.00 e. The molecule has 0 unspecified atom stereocenters. The molecule has 0 spiro atoms. The molecule has 1 aliphatic rings. The molecule has 2 aromatic heterocycles. The Hall–Kier alpha value is -2.04. The molecule has 0 bridgehead atoms. The summed E-state index contributed by atoms with van der Waals surface area (Å²) in [7, 11) is -4.31. The molecule has 8 nitrogen and oxygen atoms in total. The normalized spacial score (nSPS) is 16.6. The van der Waals surface area contributed by atoms with Crippen molar-refractivity contribution >= 4 is 23.9 Å². The van der Waals surface area contributed by atoms with Crippen molar-refractivity contribution in [1.29, 1.82) is 5.41 Å². The predicted octanol–water partition coefficient (Wildman–Crippen LogP) is 3.61. The zero-order chi connectivity index (χ0) is 24.8. The minimum absolute atomic E-state index is 0. The van der Waals surface area contributed by atoms with Crippen LogP contribution < -0.4 is 0 Å². The monoisotopic (exact) mass is 574 g/mol. The van der Waals surface area contributed by atoms with Crippen LogP contribution in [0.1, 0.15) is 27.7 Å². The molecule has 3 rings (SSSR count). The number of nitrogens with zero attached hydrogens (tertiary/aromatic N) is 4. The second kappa shape index (κ2) is 16.6. The number of alkyl halides is 3. The first kappa shape index (κ1) is 33.1. The third-order valence-electron chi connectivity index (χ3n) is 3.61. The van der Waals surface area contributed by atoms with E-state index < -0.39 is 15.6 Å². The van der Waals surface area contributed by atoms with Crippen LogP contribution in [0.25, 0.3) is 0 Å². The zero-order valence-electron chi connectivity index (χ0n) is 18.5. The molecule has 0 saturated heterocycles. The number of rotatable bonds is 3. The van der Waals surface area contributed by atoms with Gasteiger partial charge in [0.1, 0.15) is 0 Å². The van der Waals surface area contributed by atoms with Crippen LogP contribution in [-0.4, -0.2) is 51.6 Å². The van der Waals surface area contributed by atoms with Crippen LogP contribution in [0.4, 0.5) is 13.2 Å². The molecule has 33 heavy (non-hydrogen) atoms. The Labute approximate surface area is 206 Å². The van der Waals surface area contributed by atoms with Gasteiger partial charge in [0.05, 0.1) is 0 Å². The fraction of sp³-hybridized carbons (Fsp3) is 0.421. The summed E-state index contributed by atoms with van der Waals surface area (Å²) in [6.07, 6.45) is 18.3. The van der Waals surface area contributed by atoms with Crippen LogP contribution in [-0.2, 0) is 29.6 Å². The minimum Gasteiger partial charge on any atom is -0.741 e. The van der Waals surface area contributed by atoms with Gasteiger partial charge in [-0.25, -0.2) is 8.42 Å². The molecule has 0 aliphatic heterocycles. The molecule has 0 atom stereocenters. The molecule has 182 valence electrons. The SMILES string of the molecule is CC1C=CC(C(C)C)C=C1.C[C]=N.O=S(=O)([O-])C(F)(F)F.[B](n1cccn1)n1cccn1.[Ru+2]. The number of hydrogen-bond donors (Lipinski definition) is 1. The van der Waals surface area contributed by atoms with Gasteiger partial charge in [-0.15, -0.1) is 0 Å². The molecule has 2 heterocycles. The average molecular weight is 573 g/mol. The van der Waals surface area contributed by atoms with Gasteiger partial charge in [-0.3, -0.25) is 9.19 Å². The molecule has 0 amide bonds. The molecule has 0 saturated carbocycles. The molecular formula is C19H26BF3N5O3RuS+. The molecular weight excluding hydrogens is 547 g/mol. The fourth-order valence-corrected chi connectivity index (χ4v) is 2.00. The van der Waals surface area contributed by atoms with Gasteiger partial charge >= 0.3 is 32.5 Å². The van der Waals surface area contributed by atoms with E-state index in [0.717, 1.165) is 5.92 Å². The Balaban J connectivity index is 0. The van der Waals surface area contributed by atoms with Gasteiger partial charge in [-0.1, -0.05) is 45.1 Å². The van der Waals surface area contributed by atoms with Crippen molar-refractivity contribution in [2.45, 2.75) is 33.2 Å². The summed E-state index contributed by atoms with van der Waals surface area (Å²) < 4.78 is 62.3. The Morgan fingerprint density at radius 1 is 1.06 bits per heavy atom. The Bertz CT molecular complexity index is 873. The van der Waals surface area contributed by atoms with Crippen molar-refractivity contribution in [1.82, 2.24) is 19.4 Å². The first-order chi connectivity index (χ1) is 14.8. The largest absolute Gasteiger partial charge is 2.00 e. The number of aromatic nitrogens is 4. The number of hydrogen-bond acceptors (Lipinski definition) is 6. The van der Waals surface area contributed by atoms with Crippen LogP contribution in [0.15, 0.2) is 61.2 Å². The summed E-state index contributed by atoms with van der Waals surface area (Å²) in [5.74, 6) is 2.08. The van der Waals surface area contributed by atoms with Crippen molar-refractivity contribution in [3.63, 3.8) is 0 Å². The third kappa shape index (κ3) is 15.4. The summed E-state index contributed by atoms with van der Waals surface area (Å²) in [4.78, 5) is 0. The Morgan fingerprint density at radius 3 is 1.67 bits per heavy atom. The number of allylic oxidation sites excluding steroid dienone is 4. The molecule has 14 heteroatoms. The van der Waals surface area contributed by atoms with Crippen LogP contribution in [0.5, 0.6) is 0 Å². The second-order valence-electron chi connectivity index (χ2n) is 6.69. The molecule has 0 aromatic carbocycles. The topological polar surface area (TPSA) is 117 Å². The molecule has 1 N–H and O–H groups in total. The van der Waals surface area contributed by atoms with Crippen molar-refractivity contribution in [2.24, 2.45) is 17.8 Å². The standard InChI is InChI=1S/C10H16.C6H6BN4.C2H4N.CHF3O3S.Ru/c1-8(2)10-6-4-9(3)5-7-10;1-3-8-10(5-1)7-11-6-2-4-9-11;1-2-3;2-1(3,4)8(5,6)7;/h4-10H,1-3H3;1-6H;3H,1H3;(H,5,6,7);/q;;;;+2/p-1. The van der Waals surface area contributed by atoms with E-state index in [1.165, 1.54) is 0 Å². The summed E-state index contributed by atoms with van der Waals surface area (Å²) >= 11 is 0. The third-order valence-corrected chi connectivity index (χ3v) is 4.18. The van der Waals surface area contributed by atoms with Gasteiger partial charge in [-0.2, -0.15) is 23.4 Å². The van der Waals surface area contributed by atoms with E-state index in [1.807, 2.05) is 30.7 Å². The number of halogens is 3. The van der Waals surface area contributed by atoms with Gasteiger partial charge in [0.2, 0.25) is 0 Å². The van der Waals surface area contributed by atoms with E-state index in [-0.39, 0.29) is 19.5 Å². The van der Waals surface area contributed by atoms with Crippen molar-refractivity contribution in [3.05, 3.63) is 61.2 Å². The van der Waals surface area contributed by atoms with Crippen molar-refractivity contribution in [3.8, 4) is 0 Å². The van der Waals surface area contributed by atoms with E-state index in [9.17, 15) is 13.2 Å². The van der Waals surface area contributed by atoms with E-state index >= 15 is 0 Å². The molecule has 0 fully saturated rings. The van der Waals surface area contributed by atoms with E-state index in [0.29, 0.717) is 11.8 Å². The maximum atomic E-state index is 10.7. The maximum absolute atomic E-state index is 10.7. The van der Waals surface area contributed by atoms with Crippen molar-refractivity contribution < 1.29 is 45.6 Å². The first-order valence-corrected chi connectivity index (χ1v) is 10.8. The van der Waals surface area contributed by atoms with E-state index in [1.54, 1.807) is 36.1 Å². The van der Waals surface area contributed by atoms with Crippen LogP contribution in [0, 0.1) is 23.2 Å². The van der Waals surface area contributed by atoms with Gasteiger partial charge in [0.25, 0.3) is 0 Å². The summed E-state index contributed by atoms with van der Waals surface area (Å²) in [6.45, 7) is 8.27. The summed E-state index contributed by atoms with van der Waals surface area (Å²) in [5, 5.41) is 13.9. The van der Waals surface area contributed by atoms with Crippen LogP contribution in [0.3, 0.4) is 0 Å². The van der Waals surface area contributed by atoms with E-state index in [4.69, 9.17) is 18.4 Å². The van der Waals surface area contributed by atoms with Gasteiger partial charge < -0.3 is 9.96 Å². The molecule has 2 radical (unpaired) electrons. The van der Waals surface area contributed by atoms with E-state index in [2.05, 4.69) is 55.3 Å². The second-order valence-corrected chi connectivity index (χ2v) is 8.06. The number of nitrogens with one attached hydrogen (secondary N) is 1. The minimum atomic E-state index is -6.09. The summed E-state index contributed by atoms with van der Waals surface area (Å²) in [6, 6.07) is 3.72. The molecule has 2 aromatic rings. The Kier molecular flexibility index (Phi) is 16.6. The van der Waals surface area contributed by atoms with Crippen LogP contribution in [0.2, 0.25) is 0 Å². The predicted molar refractivity (Wildman–Crippen MR) is 116 cm³/mol. The smallest absolute Gasteiger partial charge is 0.741 e. The van der Waals surface area contributed by atoms with Crippen LogP contribution >= 0.6 is 0 Å². The summed E-state index contributed by atoms with van der Waals surface area (Å²) in [5.41, 5.74) is -5.65. The van der Waals surface area contributed by atoms with Gasteiger partial charge in [0.15, 0.2) is 10.1 Å². The zero-order valence-corrected chi connectivity index (χ0v) is 21.0. The quantitative estimate of drug-likeness (QED) is 0.198. The molecule has 1 aliphatic carbocycles. The van der Waals surface area contributed by atoms with Gasteiger partial charge in [0, 0.05) is 31.0 Å². The van der Waals surface area contributed by atoms with Crippen molar-refractivity contribution in [2.75, 3.05) is 0 Å².